The summed E-state index contributed by atoms with van der Waals surface area (Å²) in [5.74, 6) is 0.706. The topological polar surface area (TPSA) is 35.5 Å². The van der Waals surface area contributed by atoms with Crippen molar-refractivity contribution in [3.63, 3.8) is 0 Å². The molecule has 0 spiro atoms. The van der Waals surface area contributed by atoms with Crippen LogP contribution in [0.5, 0.6) is 0 Å². The summed E-state index contributed by atoms with van der Waals surface area (Å²) in [7, 11) is 1.52. The van der Waals surface area contributed by atoms with E-state index in [-0.39, 0.29) is 16.8 Å². The van der Waals surface area contributed by atoms with Crippen molar-refractivity contribution in [2.45, 2.75) is 44.9 Å². The molecule has 1 aliphatic heterocycles. The zero-order valence-electron chi connectivity index (χ0n) is 10.7. The summed E-state index contributed by atoms with van der Waals surface area (Å²) in [6.07, 6.45) is 8.59. The van der Waals surface area contributed by atoms with Gasteiger partial charge in [0.15, 0.2) is 0 Å². The monoisotopic (exact) mass is 238 g/mol. The van der Waals surface area contributed by atoms with Gasteiger partial charge in [-0.3, -0.25) is 4.79 Å². The molecule has 0 atom stereocenters. The minimum Gasteiger partial charge on any atom is -0.469 e. The number of rotatable bonds is 3. The maximum atomic E-state index is 12.1. The summed E-state index contributed by atoms with van der Waals surface area (Å²) in [6.45, 7) is 1.57. The Balaban J connectivity index is 1.84. The predicted molar refractivity (Wildman–Crippen MR) is 63.5 cm³/mol. The standard InChI is InChI=1S/C14H22O3/c1-16-12(15)13(7-8-13)14(9-17-10-14)11-5-3-2-4-6-11/h11H,2-10H2,1H3. The Bertz CT molecular complexity index is 309. The summed E-state index contributed by atoms with van der Waals surface area (Å²) in [5, 5.41) is 0. The first-order chi connectivity index (χ1) is 8.25. The first-order valence-electron chi connectivity index (χ1n) is 6.91. The molecule has 3 rings (SSSR count). The smallest absolute Gasteiger partial charge is 0.312 e. The summed E-state index contributed by atoms with van der Waals surface area (Å²) in [6, 6.07) is 0. The molecule has 96 valence electrons. The highest BCUT2D eigenvalue weighted by Crippen LogP contribution is 2.67. The van der Waals surface area contributed by atoms with Crippen LogP contribution < -0.4 is 0 Å². The van der Waals surface area contributed by atoms with Crippen molar-refractivity contribution in [2.75, 3.05) is 20.3 Å². The molecule has 2 saturated carbocycles. The van der Waals surface area contributed by atoms with Gasteiger partial charge in [0, 0.05) is 5.41 Å². The van der Waals surface area contributed by atoms with Crippen molar-refractivity contribution in [2.24, 2.45) is 16.7 Å². The number of methoxy groups -OCH3 is 1. The third-order valence-corrected chi connectivity index (χ3v) is 5.39. The van der Waals surface area contributed by atoms with Crippen LogP contribution in [0.2, 0.25) is 0 Å². The summed E-state index contributed by atoms with van der Waals surface area (Å²) in [5.41, 5.74) is -0.0531. The molecule has 0 bridgehead atoms. The average molecular weight is 238 g/mol. The van der Waals surface area contributed by atoms with Crippen molar-refractivity contribution in [1.82, 2.24) is 0 Å². The largest absolute Gasteiger partial charge is 0.469 e. The normalized spacial score (nSPS) is 30.4. The molecule has 17 heavy (non-hydrogen) atoms. The Kier molecular flexibility index (Phi) is 2.69. The van der Waals surface area contributed by atoms with Crippen molar-refractivity contribution >= 4 is 5.97 Å². The van der Waals surface area contributed by atoms with E-state index in [9.17, 15) is 4.79 Å². The molecule has 0 unspecified atom stereocenters. The van der Waals surface area contributed by atoms with Crippen LogP contribution in [0.1, 0.15) is 44.9 Å². The van der Waals surface area contributed by atoms with Crippen molar-refractivity contribution < 1.29 is 14.3 Å². The van der Waals surface area contributed by atoms with Gasteiger partial charge in [-0.1, -0.05) is 19.3 Å². The molecule has 3 nitrogen and oxygen atoms in total. The number of ether oxygens (including phenoxy) is 2. The van der Waals surface area contributed by atoms with Gasteiger partial charge in [-0.15, -0.1) is 0 Å². The fourth-order valence-electron chi connectivity index (χ4n) is 4.11. The van der Waals surface area contributed by atoms with E-state index in [0.29, 0.717) is 5.92 Å². The zero-order valence-corrected chi connectivity index (χ0v) is 10.7. The number of hydrogen-bond donors (Lipinski definition) is 0. The van der Waals surface area contributed by atoms with Gasteiger partial charge in [0.2, 0.25) is 0 Å². The van der Waals surface area contributed by atoms with Crippen molar-refractivity contribution in [1.29, 1.82) is 0 Å². The van der Waals surface area contributed by atoms with E-state index in [1.54, 1.807) is 0 Å². The third-order valence-electron chi connectivity index (χ3n) is 5.39. The first-order valence-corrected chi connectivity index (χ1v) is 6.91. The lowest BCUT2D eigenvalue weighted by molar-refractivity contribution is -0.207. The van der Waals surface area contributed by atoms with Crippen molar-refractivity contribution in [3.05, 3.63) is 0 Å². The van der Waals surface area contributed by atoms with E-state index in [1.807, 2.05) is 0 Å². The highest BCUT2D eigenvalue weighted by atomic mass is 16.5. The predicted octanol–water partition coefficient (Wildman–Crippen LogP) is 2.54. The number of esters is 1. The molecule has 3 fully saturated rings. The molecule has 0 aromatic carbocycles. The van der Waals surface area contributed by atoms with E-state index < -0.39 is 0 Å². The van der Waals surface area contributed by atoms with E-state index in [2.05, 4.69) is 0 Å². The van der Waals surface area contributed by atoms with Gasteiger partial charge in [-0.05, 0) is 31.6 Å². The Morgan fingerprint density at radius 2 is 1.82 bits per heavy atom. The van der Waals surface area contributed by atoms with Gasteiger partial charge >= 0.3 is 5.97 Å². The minimum absolute atomic E-state index is 0.0198. The van der Waals surface area contributed by atoms with Gasteiger partial charge < -0.3 is 9.47 Å². The molecule has 3 heteroatoms. The Hall–Kier alpha value is -0.570. The summed E-state index contributed by atoms with van der Waals surface area (Å²) in [4.78, 5) is 12.1. The molecule has 0 amide bonds. The SMILES string of the molecule is COC(=O)C1(C2(C3CCCCC3)COC2)CC1. The molecule has 0 radical (unpaired) electrons. The molecular weight excluding hydrogens is 216 g/mol. The molecule has 2 aliphatic carbocycles. The Labute approximate surface area is 103 Å². The molecule has 0 aromatic rings. The van der Waals surface area contributed by atoms with Crippen LogP contribution in [0.3, 0.4) is 0 Å². The third kappa shape index (κ3) is 1.48. The fourth-order valence-corrected chi connectivity index (χ4v) is 4.11. The van der Waals surface area contributed by atoms with Crippen LogP contribution in [-0.2, 0) is 14.3 Å². The Morgan fingerprint density at radius 1 is 1.18 bits per heavy atom. The molecule has 1 heterocycles. The van der Waals surface area contributed by atoms with E-state index >= 15 is 0 Å². The summed E-state index contributed by atoms with van der Waals surface area (Å²) >= 11 is 0. The van der Waals surface area contributed by atoms with Gasteiger partial charge in [0.05, 0.1) is 25.7 Å². The van der Waals surface area contributed by atoms with Gasteiger partial charge in [0.1, 0.15) is 0 Å². The van der Waals surface area contributed by atoms with E-state index in [4.69, 9.17) is 9.47 Å². The molecular formula is C14H22O3. The van der Waals surface area contributed by atoms with Crippen molar-refractivity contribution in [3.8, 4) is 0 Å². The lowest BCUT2D eigenvalue weighted by Gasteiger charge is -2.52. The van der Waals surface area contributed by atoms with Crippen LogP contribution >= 0.6 is 0 Å². The van der Waals surface area contributed by atoms with Gasteiger partial charge in [-0.2, -0.15) is 0 Å². The van der Waals surface area contributed by atoms with E-state index in [0.717, 1.165) is 26.1 Å². The highest BCUT2D eigenvalue weighted by Gasteiger charge is 2.70. The minimum atomic E-state index is -0.179. The number of hydrogen-bond acceptors (Lipinski definition) is 3. The second-order valence-corrected chi connectivity index (χ2v) is 6.06. The molecule has 0 aromatic heterocycles. The second-order valence-electron chi connectivity index (χ2n) is 6.06. The quantitative estimate of drug-likeness (QED) is 0.709. The average Bonchev–Trinajstić information content (AvgIpc) is 3.10. The number of carbonyl (C=O) groups excluding carboxylic acids is 1. The lowest BCUT2D eigenvalue weighted by atomic mass is 9.59. The zero-order chi connectivity index (χ0) is 11.9. The highest BCUT2D eigenvalue weighted by molar-refractivity contribution is 5.81. The Morgan fingerprint density at radius 3 is 2.24 bits per heavy atom. The molecule has 3 aliphatic rings. The first kappa shape index (κ1) is 11.5. The van der Waals surface area contributed by atoms with Crippen LogP contribution in [0.15, 0.2) is 0 Å². The number of carbonyl (C=O) groups is 1. The molecule has 0 N–H and O–H groups in total. The van der Waals surface area contributed by atoms with Gasteiger partial charge in [0.25, 0.3) is 0 Å². The second kappa shape index (κ2) is 3.98. The lowest BCUT2D eigenvalue weighted by Crippen LogP contribution is -2.57. The maximum absolute atomic E-state index is 12.1. The van der Waals surface area contributed by atoms with E-state index in [1.165, 1.54) is 39.2 Å². The summed E-state index contributed by atoms with van der Waals surface area (Å²) < 4.78 is 10.6. The molecule has 1 saturated heterocycles. The van der Waals surface area contributed by atoms with Crippen LogP contribution in [0.25, 0.3) is 0 Å². The van der Waals surface area contributed by atoms with Crippen LogP contribution in [-0.4, -0.2) is 26.3 Å². The van der Waals surface area contributed by atoms with Crippen LogP contribution in [0.4, 0.5) is 0 Å². The maximum Gasteiger partial charge on any atom is 0.312 e. The van der Waals surface area contributed by atoms with Crippen LogP contribution in [0, 0.1) is 16.7 Å². The van der Waals surface area contributed by atoms with Gasteiger partial charge in [-0.25, -0.2) is 0 Å². The fraction of sp³-hybridized carbons (Fsp3) is 0.929.